The van der Waals surface area contributed by atoms with Gasteiger partial charge in [0.15, 0.2) is 5.76 Å². The van der Waals surface area contributed by atoms with Gasteiger partial charge in [0.05, 0.1) is 12.5 Å². The molecule has 4 N–H and O–H groups in total. The minimum atomic E-state index is -0.827. The summed E-state index contributed by atoms with van der Waals surface area (Å²) in [6.07, 6.45) is 0.797. The fourth-order valence-corrected chi connectivity index (χ4v) is 5.52. The Labute approximate surface area is 201 Å². The lowest BCUT2D eigenvalue weighted by Crippen LogP contribution is -2.46. The van der Waals surface area contributed by atoms with Gasteiger partial charge in [-0.05, 0) is 36.1 Å². The first kappa shape index (κ1) is 22.9. The molecule has 1 aromatic carbocycles. The van der Waals surface area contributed by atoms with Crippen LogP contribution in [-0.4, -0.2) is 38.7 Å². The number of rotatable bonds is 6. The van der Waals surface area contributed by atoms with E-state index in [2.05, 4.69) is 4.90 Å². The summed E-state index contributed by atoms with van der Waals surface area (Å²) >= 11 is 0. The number of primary amides is 1. The van der Waals surface area contributed by atoms with E-state index in [1.807, 2.05) is 10.6 Å². The molecule has 9 nitrogen and oxygen atoms in total. The smallest absolute Gasteiger partial charge is 0.250 e. The number of likely N-dealkylation sites (tertiary alicyclic amines) is 1. The van der Waals surface area contributed by atoms with Crippen molar-refractivity contribution in [3.63, 3.8) is 0 Å². The number of benzene rings is 1. The van der Waals surface area contributed by atoms with Crippen molar-refractivity contribution in [1.29, 1.82) is 0 Å². The molecular weight excluding hydrogens is 450 g/mol. The molecule has 3 unspecified atom stereocenters. The lowest BCUT2D eigenvalue weighted by atomic mass is 9.83. The largest absolute Gasteiger partial charge is 0.508 e. The summed E-state index contributed by atoms with van der Waals surface area (Å²) in [7, 11) is 0. The number of phenols is 1. The number of aromatic nitrogens is 1. The number of nitrogens with two attached hydrogens (primary N) is 1. The SMILES string of the molecule is NC(=O)CC(c1cccc(O)c1)c1oc(CN2CC3CC(C2)c2cccc(=O)n2C3)cc(=O)c1O. The summed E-state index contributed by atoms with van der Waals surface area (Å²) in [5.74, 6) is -1.24. The number of amides is 1. The number of carbonyl (C=O) groups is 1. The third kappa shape index (κ3) is 4.59. The Balaban J connectivity index is 1.45. The van der Waals surface area contributed by atoms with Gasteiger partial charge in [-0.1, -0.05) is 18.2 Å². The van der Waals surface area contributed by atoms with Crippen molar-refractivity contribution in [1.82, 2.24) is 9.47 Å². The molecule has 3 aromatic rings. The molecule has 0 spiro atoms. The molecule has 1 fully saturated rings. The second-order valence-corrected chi connectivity index (χ2v) is 9.50. The van der Waals surface area contributed by atoms with Crippen LogP contribution >= 0.6 is 0 Å². The molecule has 2 aliphatic rings. The summed E-state index contributed by atoms with van der Waals surface area (Å²) in [6, 6.07) is 12.8. The summed E-state index contributed by atoms with van der Waals surface area (Å²) in [4.78, 5) is 38.9. The van der Waals surface area contributed by atoms with E-state index >= 15 is 0 Å². The van der Waals surface area contributed by atoms with Crippen molar-refractivity contribution in [2.75, 3.05) is 13.1 Å². The minimum Gasteiger partial charge on any atom is -0.508 e. The second kappa shape index (κ2) is 9.07. The average Bonchev–Trinajstić information content (AvgIpc) is 2.80. The molecule has 2 bridgehead atoms. The molecule has 9 heteroatoms. The topological polar surface area (TPSA) is 139 Å². The van der Waals surface area contributed by atoms with E-state index in [4.69, 9.17) is 10.2 Å². The minimum absolute atomic E-state index is 0.0193. The number of carbonyl (C=O) groups excluding carboxylic acids is 1. The van der Waals surface area contributed by atoms with E-state index in [1.165, 1.54) is 18.2 Å². The quantitative estimate of drug-likeness (QED) is 0.492. The first-order valence-electron chi connectivity index (χ1n) is 11.6. The maximum atomic E-state index is 12.7. The van der Waals surface area contributed by atoms with Crippen LogP contribution in [0.1, 0.15) is 47.5 Å². The van der Waals surface area contributed by atoms with Crippen LogP contribution in [0.25, 0.3) is 0 Å². The Morgan fingerprint density at radius 1 is 1.09 bits per heavy atom. The number of piperidine rings is 1. The number of nitrogens with zero attached hydrogens (tertiary/aromatic N) is 2. The summed E-state index contributed by atoms with van der Waals surface area (Å²) in [5, 5.41) is 20.4. The zero-order valence-corrected chi connectivity index (χ0v) is 19.1. The molecule has 2 aromatic heterocycles. The number of aromatic hydroxyl groups is 2. The fourth-order valence-electron chi connectivity index (χ4n) is 5.52. The average molecular weight is 478 g/mol. The third-order valence-corrected chi connectivity index (χ3v) is 6.93. The standard InChI is InChI=1S/C26H27N3O6/c27-23(32)10-20(16-3-1-4-18(30)8-16)26-25(34)22(31)9-19(35-26)14-28-11-15-7-17(13-28)21-5-2-6-24(33)29(21)12-15/h1-6,8-9,15,17,20,30,34H,7,10-14H2,(H2,27,32). The van der Waals surface area contributed by atoms with Crippen molar-refractivity contribution in [2.24, 2.45) is 11.7 Å². The lowest BCUT2D eigenvalue weighted by Gasteiger charge is -2.42. The van der Waals surface area contributed by atoms with Crippen LogP contribution in [0, 0.1) is 5.92 Å². The molecule has 2 aliphatic heterocycles. The van der Waals surface area contributed by atoms with Crippen molar-refractivity contribution >= 4 is 5.91 Å². The molecule has 4 heterocycles. The van der Waals surface area contributed by atoms with Gasteiger partial charge in [0.25, 0.3) is 5.56 Å². The first-order chi connectivity index (χ1) is 16.8. The van der Waals surface area contributed by atoms with Crippen molar-refractivity contribution < 1.29 is 19.4 Å². The molecule has 5 rings (SSSR count). The van der Waals surface area contributed by atoms with Gasteiger partial charge in [0.1, 0.15) is 11.5 Å². The molecule has 0 radical (unpaired) electrons. The van der Waals surface area contributed by atoms with Crippen molar-refractivity contribution in [3.05, 3.63) is 91.9 Å². The van der Waals surface area contributed by atoms with Crippen LogP contribution in [0.5, 0.6) is 11.5 Å². The van der Waals surface area contributed by atoms with Gasteiger partial charge in [-0.15, -0.1) is 0 Å². The highest BCUT2D eigenvalue weighted by molar-refractivity contribution is 5.75. The summed E-state index contributed by atoms with van der Waals surface area (Å²) < 4.78 is 7.88. The van der Waals surface area contributed by atoms with E-state index in [1.54, 1.807) is 24.3 Å². The number of hydrogen-bond acceptors (Lipinski definition) is 7. The highest BCUT2D eigenvalue weighted by Crippen LogP contribution is 2.37. The van der Waals surface area contributed by atoms with E-state index in [-0.39, 0.29) is 29.4 Å². The third-order valence-electron chi connectivity index (χ3n) is 6.93. The predicted molar refractivity (Wildman–Crippen MR) is 127 cm³/mol. The van der Waals surface area contributed by atoms with Crippen LogP contribution in [-0.2, 0) is 17.9 Å². The van der Waals surface area contributed by atoms with Crippen LogP contribution in [0.3, 0.4) is 0 Å². The second-order valence-electron chi connectivity index (χ2n) is 9.50. The van der Waals surface area contributed by atoms with Crippen LogP contribution in [0.2, 0.25) is 0 Å². The van der Waals surface area contributed by atoms with Gasteiger partial charge in [0, 0.05) is 49.8 Å². The van der Waals surface area contributed by atoms with Gasteiger partial charge >= 0.3 is 0 Å². The maximum Gasteiger partial charge on any atom is 0.250 e. The molecule has 182 valence electrons. The Morgan fingerprint density at radius 2 is 1.89 bits per heavy atom. The molecule has 1 saturated heterocycles. The monoisotopic (exact) mass is 477 g/mol. The number of pyridine rings is 1. The summed E-state index contributed by atoms with van der Waals surface area (Å²) in [6.45, 7) is 2.45. The van der Waals surface area contributed by atoms with Gasteiger partial charge in [-0.25, -0.2) is 0 Å². The van der Waals surface area contributed by atoms with Crippen molar-refractivity contribution in [3.8, 4) is 11.5 Å². The highest BCUT2D eigenvalue weighted by atomic mass is 16.4. The van der Waals surface area contributed by atoms with Crippen LogP contribution in [0.4, 0.5) is 0 Å². The van der Waals surface area contributed by atoms with Crippen LogP contribution < -0.4 is 16.7 Å². The van der Waals surface area contributed by atoms with E-state index < -0.39 is 23.0 Å². The normalized spacial score (nSPS) is 20.2. The molecule has 3 atom stereocenters. The van der Waals surface area contributed by atoms with E-state index in [0.29, 0.717) is 36.9 Å². The lowest BCUT2D eigenvalue weighted by molar-refractivity contribution is -0.118. The molecule has 0 saturated carbocycles. The Bertz CT molecular complexity index is 1390. The zero-order valence-electron chi connectivity index (χ0n) is 19.1. The van der Waals surface area contributed by atoms with Crippen molar-refractivity contribution in [2.45, 2.75) is 37.8 Å². The Kier molecular flexibility index (Phi) is 5.94. The number of hydrogen-bond donors (Lipinski definition) is 3. The zero-order chi connectivity index (χ0) is 24.7. The predicted octanol–water partition coefficient (Wildman–Crippen LogP) is 1.84. The van der Waals surface area contributed by atoms with Crippen LogP contribution in [0.15, 0.2) is 62.5 Å². The first-order valence-corrected chi connectivity index (χ1v) is 11.6. The Hall–Kier alpha value is -3.85. The molecule has 0 aliphatic carbocycles. The molecular formula is C26H27N3O6. The van der Waals surface area contributed by atoms with Gasteiger partial charge in [0.2, 0.25) is 17.1 Å². The molecule has 35 heavy (non-hydrogen) atoms. The van der Waals surface area contributed by atoms with Gasteiger partial charge in [-0.2, -0.15) is 0 Å². The van der Waals surface area contributed by atoms with Gasteiger partial charge in [-0.3, -0.25) is 19.3 Å². The fraction of sp³-hybridized carbons (Fsp3) is 0.346. The number of fused-ring (bicyclic) bond motifs is 4. The summed E-state index contributed by atoms with van der Waals surface area (Å²) in [5.41, 5.74) is 6.38. The highest BCUT2D eigenvalue weighted by Gasteiger charge is 2.35. The number of phenolic OH excluding ortho intramolecular Hbond substituents is 1. The molecule has 1 amide bonds. The Morgan fingerprint density at radius 3 is 2.66 bits per heavy atom. The van der Waals surface area contributed by atoms with E-state index in [9.17, 15) is 24.6 Å². The van der Waals surface area contributed by atoms with E-state index in [0.717, 1.165) is 18.7 Å². The van der Waals surface area contributed by atoms with Gasteiger partial charge < -0.3 is 24.9 Å². The maximum absolute atomic E-state index is 12.7.